The van der Waals surface area contributed by atoms with Crippen LogP contribution in [0.4, 0.5) is 0 Å². The SMILES string of the molecule is O=C1c2cccc(Br)c2-n2cccc21. The molecule has 2 heterocycles. The van der Waals surface area contributed by atoms with E-state index in [4.69, 9.17) is 0 Å². The number of nitrogens with zero attached hydrogens (tertiary/aromatic N) is 1. The maximum absolute atomic E-state index is 11.9. The van der Waals surface area contributed by atoms with Gasteiger partial charge in [-0.3, -0.25) is 4.79 Å². The molecule has 0 radical (unpaired) electrons. The summed E-state index contributed by atoms with van der Waals surface area (Å²) in [7, 11) is 0. The minimum Gasteiger partial charge on any atom is -0.312 e. The first-order chi connectivity index (χ1) is 6.79. The fraction of sp³-hybridized carbons (Fsp3) is 0. The van der Waals surface area contributed by atoms with Crippen LogP contribution < -0.4 is 0 Å². The van der Waals surface area contributed by atoms with E-state index in [1.165, 1.54) is 0 Å². The number of hydrogen-bond donors (Lipinski definition) is 0. The zero-order valence-corrected chi connectivity index (χ0v) is 8.78. The minimum absolute atomic E-state index is 0.103. The van der Waals surface area contributed by atoms with Gasteiger partial charge in [-0.1, -0.05) is 6.07 Å². The smallest absolute Gasteiger partial charge is 0.211 e. The molecule has 3 rings (SSSR count). The van der Waals surface area contributed by atoms with E-state index in [-0.39, 0.29) is 5.78 Å². The van der Waals surface area contributed by atoms with Crippen LogP contribution in [0.3, 0.4) is 0 Å². The topological polar surface area (TPSA) is 22.0 Å². The molecule has 0 amide bonds. The third kappa shape index (κ3) is 0.826. The first-order valence-electron chi connectivity index (χ1n) is 4.30. The van der Waals surface area contributed by atoms with E-state index in [9.17, 15) is 4.79 Å². The lowest BCUT2D eigenvalue weighted by atomic mass is 10.1. The van der Waals surface area contributed by atoms with Gasteiger partial charge in [0.15, 0.2) is 0 Å². The quantitative estimate of drug-likeness (QED) is 0.599. The number of fused-ring (bicyclic) bond motifs is 3. The Kier molecular flexibility index (Phi) is 1.47. The van der Waals surface area contributed by atoms with Gasteiger partial charge in [0.25, 0.3) is 0 Å². The van der Waals surface area contributed by atoms with Gasteiger partial charge in [0, 0.05) is 16.2 Å². The number of rotatable bonds is 0. The highest BCUT2D eigenvalue weighted by molar-refractivity contribution is 9.10. The summed E-state index contributed by atoms with van der Waals surface area (Å²) < 4.78 is 2.88. The van der Waals surface area contributed by atoms with Crippen molar-refractivity contribution < 1.29 is 4.79 Å². The number of halogens is 1. The van der Waals surface area contributed by atoms with E-state index in [1.807, 2.05) is 41.1 Å². The molecule has 1 aliphatic heterocycles. The molecule has 0 saturated carbocycles. The van der Waals surface area contributed by atoms with E-state index >= 15 is 0 Å². The molecule has 0 saturated heterocycles. The van der Waals surface area contributed by atoms with Gasteiger partial charge >= 0.3 is 0 Å². The van der Waals surface area contributed by atoms with Gasteiger partial charge in [0.2, 0.25) is 5.78 Å². The van der Waals surface area contributed by atoms with Crippen LogP contribution in [0.15, 0.2) is 41.0 Å². The van der Waals surface area contributed by atoms with Crippen LogP contribution in [0.1, 0.15) is 16.1 Å². The van der Waals surface area contributed by atoms with Crippen LogP contribution in [0.5, 0.6) is 0 Å². The standard InChI is InChI=1S/C11H6BrNO/c12-8-4-1-3-7-10(8)13-6-2-5-9(13)11(7)14/h1-6H. The molecule has 68 valence electrons. The van der Waals surface area contributed by atoms with E-state index < -0.39 is 0 Å². The van der Waals surface area contributed by atoms with Crippen molar-refractivity contribution in [3.8, 4) is 5.69 Å². The maximum atomic E-state index is 11.9. The molecule has 0 unspecified atom stereocenters. The second-order valence-electron chi connectivity index (χ2n) is 3.23. The number of hydrogen-bond acceptors (Lipinski definition) is 1. The second-order valence-corrected chi connectivity index (χ2v) is 4.08. The fourth-order valence-electron chi connectivity index (χ4n) is 1.84. The van der Waals surface area contributed by atoms with Crippen molar-refractivity contribution in [2.75, 3.05) is 0 Å². The predicted molar refractivity (Wildman–Crippen MR) is 56.9 cm³/mol. The zero-order valence-electron chi connectivity index (χ0n) is 7.20. The van der Waals surface area contributed by atoms with E-state index in [0.29, 0.717) is 0 Å². The largest absolute Gasteiger partial charge is 0.312 e. The van der Waals surface area contributed by atoms with Gasteiger partial charge < -0.3 is 4.57 Å². The summed E-state index contributed by atoms with van der Waals surface area (Å²) >= 11 is 3.46. The Morgan fingerprint density at radius 2 is 2.00 bits per heavy atom. The molecule has 14 heavy (non-hydrogen) atoms. The summed E-state index contributed by atoms with van der Waals surface area (Å²) in [6.45, 7) is 0. The molecule has 2 nitrogen and oxygen atoms in total. The van der Waals surface area contributed by atoms with Crippen molar-refractivity contribution in [1.29, 1.82) is 0 Å². The number of carbonyl (C=O) groups excluding carboxylic acids is 1. The first kappa shape index (κ1) is 8.00. The number of carbonyl (C=O) groups is 1. The van der Waals surface area contributed by atoms with E-state index in [2.05, 4.69) is 15.9 Å². The summed E-state index contributed by atoms with van der Waals surface area (Å²) in [5.74, 6) is 0.103. The number of aromatic nitrogens is 1. The van der Waals surface area contributed by atoms with E-state index in [1.54, 1.807) is 0 Å². The first-order valence-corrected chi connectivity index (χ1v) is 5.09. The second kappa shape index (κ2) is 2.58. The number of benzene rings is 1. The van der Waals surface area contributed by atoms with Crippen molar-refractivity contribution in [2.45, 2.75) is 0 Å². The highest BCUT2D eigenvalue weighted by Crippen LogP contribution is 2.33. The Hall–Kier alpha value is -1.35. The van der Waals surface area contributed by atoms with Crippen molar-refractivity contribution in [1.82, 2.24) is 4.57 Å². The molecule has 3 heteroatoms. The average Bonchev–Trinajstić information content (AvgIpc) is 2.72. The van der Waals surface area contributed by atoms with Gasteiger partial charge in [-0.2, -0.15) is 0 Å². The van der Waals surface area contributed by atoms with E-state index in [0.717, 1.165) is 21.4 Å². The van der Waals surface area contributed by atoms with Gasteiger partial charge in [0.1, 0.15) is 0 Å². The molecule has 1 aromatic carbocycles. The number of para-hydroxylation sites is 1. The van der Waals surface area contributed by atoms with Crippen LogP contribution in [0.2, 0.25) is 0 Å². The lowest BCUT2D eigenvalue weighted by molar-refractivity contribution is 0.104. The summed E-state index contributed by atoms with van der Waals surface area (Å²) in [5, 5.41) is 0. The third-order valence-electron chi connectivity index (χ3n) is 2.45. The Labute approximate surface area is 89.3 Å². The van der Waals surface area contributed by atoms with Crippen molar-refractivity contribution in [3.05, 3.63) is 52.3 Å². The Morgan fingerprint density at radius 1 is 1.14 bits per heavy atom. The van der Waals surface area contributed by atoms with Gasteiger partial charge in [-0.05, 0) is 40.2 Å². The normalized spacial score (nSPS) is 12.8. The van der Waals surface area contributed by atoms with Crippen molar-refractivity contribution in [2.24, 2.45) is 0 Å². The van der Waals surface area contributed by atoms with Crippen molar-refractivity contribution >= 4 is 21.7 Å². The minimum atomic E-state index is 0.103. The highest BCUT2D eigenvalue weighted by atomic mass is 79.9. The molecule has 0 bridgehead atoms. The molecule has 1 aliphatic rings. The molecule has 0 atom stereocenters. The molecule has 0 N–H and O–H groups in total. The average molecular weight is 248 g/mol. The van der Waals surface area contributed by atoms with Crippen LogP contribution in [0.25, 0.3) is 5.69 Å². The monoisotopic (exact) mass is 247 g/mol. The van der Waals surface area contributed by atoms with Gasteiger partial charge in [-0.15, -0.1) is 0 Å². The maximum Gasteiger partial charge on any atom is 0.211 e. The molecule has 0 aliphatic carbocycles. The van der Waals surface area contributed by atoms with Crippen LogP contribution >= 0.6 is 15.9 Å². The highest BCUT2D eigenvalue weighted by Gasteiger charge is 2.27. The van der Waals surface area contributed by atoms with Gasteiger partial charge in [-0.25, -0.2) is 0 Å². The molecule has 0 spiro atoms. The summed E-state index contributed by atoms with van der Waals surface area (Å²) in [6, 6.07) is 9.41. The van der Waals surface area contributed by atoms with Gasteiger partial charge in [0.05, 0.1) is 11.4 Å². The van der Waals surface area contributed by atoms with Crippen molar-refractivity contribution in [3.63, 3.8) is 0 Å². The molecule has 2 aromatic rings. The molecular formula is C11H6BrNO. The summed E-state index contributed by atoms with van der Waals surface area (Å²) in [4.78, 5) is 11.9. The molecule has 1 aromatic heterocycles. The Balaban J connectivity index is 2.46. The molecular weight excluding hydrogens is 242 g/mol. The van der Waals surface area contributed by atoms with Crippen LogP contribution in [-0.2, 0) is 0 Å². The lowest BCUT2D eigenvalue weighted by Crippen LogP contribution is -1.93. The fourth-order valence-corrected chi connectivity index (χ4v) is 2.40. The molecule has 0 fully saturated rings. The summed E-state index contributed by atoms with van der Waals surface area (Å²) in [5.41, 5.74) is 2.47. The van der Waals surface area contributed by atoms with Crippen LogP contribution in [0, 0.1) is 0 Å². The Morgan fingerprint density at radius 3 is 2.86 bits per heavy atom. The predicted octanol–water partition coefficient (Wildman–Crippen LogP) is 2.78. The summed E-state index contributed by atoms with van der Waals surface area (Å²) in [6.07, 6.45) is 1.91. The Bertz CT molecular complexity index is 542. The number of ketones is 1. The zero-order chi connectivity index (χ0) is 9.71. The van der Waals surface area contributed by atoms with Crippen LogP contribution in [-0.4, -0.2) is 10.4 Å². The lowest BCUT2D eigenvalue weighted by Gasteiger charge is -2.02. The third-order valence-corrected chi connectivity index (χ3v) is 3.09.